The first-order valence-electron chi connectivity index (χ1n) is 6.11. The Labute approximate surface area is 92.0 Å². The summed E-state index contributed by atoms with van der Waals surface area (Å²) in [5.41, 5.74) is 7.92. The molecule has 15 heavy (non-hydrogen) atoms. The molecule has 0 fully saturated rings. The Morgan fingerprint density at radius 1 is 1.00 bits per heavy atom. The number of aryl methyl sites for hydroxylation is 2. The lowest BCUT2D eigenvalue weighted by Crippen LogP contribution is -1.94. The monoisotopic (exact) mass is 198 g/mol. The molecule has 0 nitrogen and oxygen atoms in total. The van der Waals surface area contributed by atoms with Gasteiger partial charge in [-0.05, 0) is 59.4 Å². The van der Waals surface area contributed by atoms with Crippen molar-refractivity contribution in [2.24, 2.45) is 5.92 Å². The Hall–Kier alpha value is -1.04. The Morgan fingerprint density at radius 3 is 2.47 bits per heavy atom. The third-order valence-electron chi connectivity index (χ3n) is 3.79. The zero-order valence-electron chi connectivity index (χ0n) is 9.64. The normalized spacial score (nSPS) is 17.9. The minimum absolute atomic E-state index is 0.672. The molecule has 0 bridgehead atoms. The molecular formula is C15H18. The number of allylic oxidation sites excluding steroid dienone is 2. The van der Waals surface area contributed by atoms with E-state index in [1.807, 2.05) is 0 Å². The fraction of sp³-hybridized carbons (Fsp3) is 0.467. The molecule has 0 aromatic heterocycles. The van der Waals surface area contributed by atoms with Crippen LogP contribution < -0.4 is 0 Å². The molecule has 0 unspecified atom stereocenters. The van der Waals surface area contributed by atoms with E-state index < -0.39 is 0 Å². The summed E-state index contributed by atoms with van der Waals surface area (Å²) in [6.45, 7) is 4.60. The minimum Gasteiger partial charge on any atom is -0.0760 e. The largest absolute Gasteiger partial charge is 0.0760 e. The maximum atomic E-state index is 2.47. The minimum atomic E-state index is 0.672. The Balaban J connectivity index is 2.10. The first kappa shape index (κ1) is 9.21. The molecule has 0 heteroatoms. The van der Waals surface area contributed by atoms with Crippen LogP contribution in [0.4, 0.5) is 0 Å². The molecule has 78 valence electrons. The summed E-state index contributed by atoms with van der Waals surface area (Å²) in [6, 6.07) is 4.93. The maximum absolute atomic E-state index is 2.47. The van der Waals surface area contributed by atoms with E-state index in [0.717, 1.165) is 6.42 Å². The highest BCUT2D eigenvalue weighted by molar-refractivity contribution is 5.75. The van der Waals surface area contributed by atoms with Gasteiger partial charge in [-0.1, -0.05) is 32.1 Å². The van der Waals surface area contributed by atoms with Crippen molar-refractivity contribution in [3.05, 3.63) is 40.5 Å². The second-order valence-corrected chi connectivity index (χ2v) is 5.15. The van der Waals surface area contributed by atoms with Gasteiger partial charge in [0.05, 0.1) is 0 Å². The van der Waals surface area contributed by atoms with Crippen LogP contribution in [0.2, 0.25) is 0 Å². The predicted octanol–water partition coefficient (Wildman–Crippen LogP) is 3.77. The Bertz CT molecular complexity index is 436. The summed E-state index contributed by atoms with van der Waals surface area (Å²) in [7, 11) is 0. The fourth-order valence-electron chi connectivity index (χ4n) is 2.99. The van der Waals surface area contributed by atoms with Gasteiger partial charge < -0.3 is 0 Å². The van der Waals surface area contributed by atoms with Crippen molar-refractivity contribution in [1.82, 2.24) is 0 Å². The molecule has 0 spiro atoms. The van der Waals surface area contributed by atoms with E-state index in [-0.39, 0.29) is 0 Å². The third kappa shape index (κ3) is 1.35. The molecule has 0 atom stereocenters. The molecule has 2 aliphatic carbocycles. The van der Waals surface area contributed by atoms with Gasteiger partial charge in [-0.2, -0.15) is 0 Å². The lowest BCUT2D eigenvalue weighted by atomic mass is 9.94. The highest BCUT2D eigenvalue weighted by Crippen LogP contribution is 2.36. The van der Waals surface area contributed by atoms with Gasteiger partial charge in [0.2, 0.25) is 0 Å². The zero-order valence-corrected chi connectivity index (χ0v) is 9.64. The van der Waals surface area contributed by atoms with Gasteiger partial charge in [0.15, 0.2) is 0 Å². The molecular weight excluding hydrogens is 180 g/mol. The summed E-state index contributed by atoms with van der Waals surface area (Å²) >= 11 is 0. The van der Waals surface area contributed by atoms with Crippen LogP contribution in [0.15, 0.2) is 18.2 Å². The zero-order chi connectivity index (χ0) is 10.4. The first-order valence-corrected chi connectivity index (χ1v) is 6.11. The summed E-state index contributed by atoms with van der Waals surface area (Å²) in [6.07, 6.45) is 7.55. The molecule has 0 radical (unpaired) electrons. The van der Waals surface area contributed by atoms with Crippen LogP contribution in [0, 0.1) is 5.92 Å². The topological polar surface area (TPSA) is 0 Å². The van der Waals surface area contributed by atoms with E-state index >= 15 is 0 Å². The van der Waals surface area contributed by atoms with E-state index in [1.54, 1.807) is 27.8 Å². The van der Waals surface area contributed by atoms with Crippen LogP contribution in [0.5, 0.6) is 0 Å². The molecule has 0 amide bonds. The van der Waals surface area contributed by atoms with Crippen LogP contribution in [0.1, 0.15) is 42.5 Å². The molecule has 2 aliphatic rings. The van der Waals surface area contributed by atoms with Crippen molar-refractivity contribution in [3.8, 4) is 0 Å². The highest BCUT2D eigenvalue weighted by atomic mass is 14.3. The van der Waals surface area contributed by atoms with Crippen molar-refractivity contribution in [2.45, 2.75) is 39.5 Å². The first-order chi connectivity index (χ1) is 7.25. The van der Waals surface area contributed by atoms with Gasteiger partial charge in [0, 0.05) is 0 Å². The highest BCUT2D eigenvalue weighted by Gasteiger charge is 2.20. The number of hydrogen-bond donors (Lipinski definition) is 0. The molecule has 3 rings (SSSR count). The van der Waals surface area contributed by atoms with Crippen molar-refractivity contribution >= 4 is 5.57 Å². The average Bonchev–Trinajstić information content (AvgIpc) is 2.77. The van der Waals surface area contributed by atoms with E-state index in [2.05, 4.69) is 32.1 Å². The van der Waals surface area contributed by atoms with Crippen LogP contribution in [-0.4, -0.2) is 0 Å². The molecule has 1 aromatic rings. The lowest BCUT2D eigenvalue weighted by Gasteiger charge is -2.11. The Morgan fingerprint density at radius 2 is 1.73 bits per heavy atom. The lowest BCUT2D eigenvalue weighted by molar-refractivity contribution is 0.857. The predicted molar refractivity (Wildman–Crippen MR) is 65.0 cm³/mol. The molecule has 0 N–H and O–H groups in total. The fourth-order valence-corrected chi connectivity index (χ4v) is 2.99. The second kappa shape index (κ2) is 3.23. The van der Waals surface area contributed by atoms with Gasteiger partial charge >= 0.3 is 0 Å². The van der Waals surface area contributed by atoms with Gasteiger partial charge in [-0.25, -0.2) is 0 Å². The smallest absolute Gasteiger partial charge is 0.00852 e. The number of fused-ring (bicyclic) bond motifs is 2. The van der Waals surface area contributed by atoms with Crippen LogP contribution in [0.3, 0.4) is 0 Å². The molecule has 0 saturated carbocycles. The van der Waals surface area contributed by atoms with Crippen molar-refractivity contribution < 1.29 is 0 Å². The summed E-state index contributed by atoms with van der Waals surface area (Å²) in [5.74, 6) is 0.672. The molecule has 1 aromatic carbocycles. The second-order valence-electron chi connectivity index (χ2n) is 5.15. The number of rotatable bonds is 1. The summed E-state index contributed by atoms with van der Waals surface area (Å²) < 4.78 is 0. The molecule has 0 aliphatic heterocycles. The van der Waals surface area contributed by atoms with Crippen molar-refractivity contribution in [3.63, 3.8) is 0 Å². The maximum Gasteiger partial charge on any atom is -0.00852 e. The van der Waals surface area contributed by atoms with Gasteiger partial charge in [0.1, 0.15) is 0 Å². The van der Waals surface area contributed by atoms with Gasteiger partial charge in [-0.3, -0.25) is 0 Å². The standard InChI is InChI=1S/C15H18/c1-10(2)14-7-6-13-8-11-4-3-5-12(11)9-15(13)14/h7-10H,3-6H2,1-2H3. The van der Waals surface area contributed by atoms with Crippen molar-refractivity contribution in [1.29, 1.82) is 0 Å². The third-order valence-corrected chi connectivity index (χ3v) is 3.79. The molecule has 0 saturated heterocycles. The quantitative estimate of drug-likeness (QED) is 0.644. The van der Waals surface area contributed by atoms with E-state index in [9.17, 15) is 0 Å². The number of benzene rings is 1. The average molecular weight is 198 g/mol. The van der Waals surface area contributed by atoms with Gasteiger partial charge in [0.25, 0.3) is 0 Å². The van der Waals surface area contributed by atoms with E-state index in [0.29, 0.717) is 5.92 Å². The van der Waals surface area contributed by atoms with E-state index in [4.69, 9.17) is 0 Å². The number of hydrogen-bond acceptors (Lipinski definition) is 0. The van der Waals surface area contributed by atoms with Crippen molar-refractivity contribution in [2.75, 3.05) is 0 Å². The van der Waals surface area contributed by atoms with Gasteiger partial charge in [-0.15, -0.1) is 0 Å². The molecule has 0 heterocycles. The summed E-state index contributed by atoms with van der Waals surface area (Å²) in [5, 5.41) is 0. The Kier molecular flexibility index (Phi) is 1.98. The summed E-state index contributed by atoms with van der Waals surface area (Å²) in [4.78, 5) is 0. The van der Waals surface area contributed by atoms with Crippen LogP contribution >= 0.6 is 0 Å². The van der Waals surface area contributed by atoms with E-state index in [1.165, 1.54) is 19.3 Å². The SMILES string of the molecule is CC(C)C1=CCc2cc3c(cc21)CCC3. The van der Waals surface area contributed by atoms with Crippen LogP contribution in [-0.2, 0) is 19.3 Å². The van der Waals surface area contributed by atoms with Crippen LogP contribution in [0.25, 0.3) is 5.57 Å².